The lowest BCUT2D eigenvalue weighted by molar-refractivity contribution is -0.120. The minimum Gasteiger partial charge on any atom is -0.462 e. The number of rotatable bonds is 7. The van der Waals surface area contributed by atoms with Crippen molar-refractivity contribution in [3.63, 3.8) is 0 Å². The second-order valence-electron chi connectivity index (χ2n) is 7.97. The summed E-state index contributed by atoms with van der Waals surface area (Å²) in [6, 6.07) is 17.0. The standard InChI is InChI=1S/C26H27N5O3/c1-5-34-26(33)19-10-12-21(13-11-19)31-17(2)14-20(18(31)3)16-27-29-25(32)15-24-28-22-8-6-7-9-23(22)30(24)4/h6-14,16H,5,15H2,1-4H3,(H,29,32). The molecular weight excluding hydrogens is 430 g/mol. The minimum atomic E-state index is -0.336. The number of aromatic nitrogens is 3. The van der Waals surface area contributed by atoms with Gasteiger partial charge in [0.2, 0.25) is 5.91 Å². The van der Waals surface area contributed by atoms with Crippen LogP contribution in [0.25, 0.3) is 16.7 Å². The minimum absolute atomic E-state index is 0.133. The van der Waals surface area contributed by atoms with Crippen molar-refractivity contribution in [2.75, 3.05) is 6.61 Å². The van der Waals surface area contributed by atoms with Crippen molar-refractivity contribution >= 4 is 29.1 Å². The molecule has 0 fully saturated rings. The lowest BCUT2D eigenvalue weighted by atomic mass is 10.2. The predicted octanol–water partition coefficient (Wildman–Crippen LogP) is 3.85. The summed E-state index contributed by atoms with van der Waals surface area (Å²) in [5.74, 6) is 0.105. The molecule has 2 aromatic carbocycles. The van der Waals surface area contributed by atoms with Crippen molar-refractivity contribution < 1.29 is 14.3 Å². The molecule has 8 nitrogen and oxygen atoms in total. The van der Waals surface area contributed by atoms with Crippen LogP contribution in [0, 0.1) is 13.8 Å². The predicted molar refractivity (Wildman–Crippen MR) is 131 cm³/mol. The molecule has 0 radical (unpaired) electrons. The average Bonchev–Trinajstić information content (AvgIpc) is 3.29. The quantitative estimate of drug-likeness (QED) is 0.259. The van der Waals surface area contributed by atoms with E-state index in [4.69, 9.17) is 4.74 Å². The van der Waals surface area contributed by atoms with Gasteiger partial charge in [0.25, 0.3) is 0 Å². The molecule has 34 heavy (non-hydrogen) atoms. The third-order valence-corrected chi connectivity index (χ3v) is 5.70. The molecule has 0 bridgehead atoms. The molecule has 0 spiro atoms. The van der Waals surface area contributed by atoms with Gasteiger partial charge < -0.3 is 13.9 Å². The molecule has 0 aliphatic carbocycles. The van der Waals surface area contributed by atoms with E-state index in [0.29, 0.717) is 18.0 Å². The Morgan fingerprint density at radius 1 is 1.12 bits per heavy atom. The summed E-state index contributed by atoms with van der Waals surface area (Å²) in [6.45, 7) is 6.10. The summed E-state index contributed by atoms with van der Waals surface area (Å²) >= 11 is 0. The molecule has 0 aliphatic heterocycles. The number of esters is 1. The number of benzene rings is 2. The number of carbonyl (C=O) groups excluding carboxylic acids is 2. The van der Waals surface area contributed by atoms with Crippen LogP contribution in [-0.2, 0) is 23.0 Å². The Bertz CT molecular complexity index is 1380. The molecule has 0 saturated carbocycles. The van der Waals surface area contributed by atoms with Gasteiger partial charge in [0.1, 0.15) is 5.82 Å². The van der Waals surface area contributed by atoms with E-state index in [9.17, 15) is 9.59 Å². The summed E-state index contributed by atoms with van der Waals surface area (Å²) < 4.78 is 9.03. The van der Waals surface area contributed by atoms with E-state index in [-0.39, 0.29) is 18.3 Å². The molecule has 4 aromatic rings. The van der Waals surface area contributed by atoms with Crippen LogP contribution in [0.2, 0.25) is 0 Å². The molecule has 0 saturated heterocycles. The monoisotopic (exact) mass is 457 g/mol. The molecule has 4 rings (SSSR count). The molecule has 8 heteroatoms. The largest absolute Gasteiger partial charge is 0.462 e. The highest BCUT2D eigenvalue weighted by atomic mass is 16.5. The Hall–Kier alpha value is -4.20. The van der Waals surface area contributed by atoms with E-state index in [2.05, 4.69) is 20.1 Å². The lowest BCUT2D eigenvalue weighted by Crippen LogP contribution is -2.21. The van der Waals surface area contributed by atoms with Crippen molar-refractivity contribution in [3.8, 4) is 5.69 Å². The second-order valence-corrected chi connectivity index (χ2v) is 7.97. The van der Waals surface area contributed by atoms with Crippen molar-refractivity contribution in [2.45, 2.75) is 27.2 Å². The fourth-order valence-corrected chi connectivity index (χ4v) is 3.99. The maximum Gasteiger partial charge on any atom is 0.338 e. The number of amides is 1. The van der Waals surface area contributed by atoms with Crippen LogP contribution in [0.3, 0.4) is 0 Å². The number of fused-ring (bicyclic) bond motifs is 1. The molecule has 2 aromatic heterocycles. The van der Waals surface area contributed by atoms with E-state index in [1.165, 1.54) is 0 Å². The Balaban J connectivity index is 1.44. The van der Waals surface area contributed by atoms with E-state index >= 15 is 0 Å². The number of hydrazone groups is 1. The van der Waals surface area contributed by atoms with Crippen LogP contribution in [-0.4, -0.2) is 38.8 Å². The van der Waals surface area contributed by atoms with Gasteiger partial charge in [-0.05, 0) is 63.2 Å². The van der Waals surface area contributed by atoms with Gasteiger partial charge in [-0.25, -0.2) is 15.2 Å². The fourth-order valence-electron chi connectivity index (χ4n) is 3.99. The van der Waals surface area contributed by atoms with Crippen molar-refractivity contribution in [3.05, 3.63) is 82.9 Å². The van der Waals surface area contributed by atoms with Gasteiger partial charge in [-0.1, -0.05) is 12.1 Å². The van der Waals surface area contributed by atoms with Crippen molar-refractivity contribution in [1.29, 1.82) is 0 Å². The topological polar surface area (TPSA) is 90.5 Å². The van der Waals surface area contributed by atoms with E-state index < -0.39 is 0 Å². The zero-order valence-corrected chi connectivity index (χ0v) is 19.7. The number of nitrogens with one attached hydrogen (secondary N) is 1. The molecular formula is C26H27N5O3. The first-order valence-corrected chi connectivity index (χ1v) is 11.1. The van der Waals surface area contributed by atoms with Gasteiger partial charge in [-0.15, -0.1) is 0 Å². The van der Waals surface area contributed by atoms with Crippen molar-refractivity contribution in [2.24, 2.45) is 12.1 Å². The second kappa shape index (κ2) is 9.74. The average molecular weight is 458 g/mol. The maximum atomic E-state index is 12.4. The van der Waals surface area contributed by atoms with Crippen LogP contribution >= 0.6 is 0 Å². The van der Waals surface area contributed by atoms with Crippen molar-refractivity contribution in [1.82, 2.24) is 19.5 Å². The third-order valence-electron chi connectivity index (χ3n) is 5.70. The lowest BCUT2D eigenvalue weighted by Gasteiger charge is -2.10. The van der Waals surface area contributed by atoms with E-state index in [0.717, 1.165) is 33.7 Å². The first-order chi connectivity index (χ1) is 16.4. The molecule has 1 amide bonds. The van der Waals surface area contributed by atoms with Gasteiger partial charge in [-0.3, -0.25) is 4.79 Å². The van der Waals surface area contributed by atoms with E-state index in [1.807, 2.05) is 67.9 Å². The number of aryl methyl sites for hydroxylation is 2. The molecule has 2 heterocycles. The number of hydrogen-bond acceptors (Lipinski definition) is 5. The highest BCUT2D eigenvalue weighted by molar-refractivity contribution is 5.89. The first kappa shape index (κ1) is 23.0. The number of ether oxygens (including phenoxy) is 1. The SMILES string of the molecule is CCOC(=O)c1ccc(-n2c(C)cc(C=NNC(=O)Cc3nc4ccccc4n3C)c2C)cc1. The van der Waals surface area contributed by atoms with Crippen LogP contribution < -0.4 is 5.43 Å². The fraction of sp³-hybridized carbons (Fsp3) is 0.231. The third kappa shape index (κ3) is 4.61. The van der Waals surface area contributed by atoms with Gasteiger partial charge >= 0.3 is 5.97 Å². The molecule has 0 unspecified atom stereocenters. The first-order valence-electron chi connectivity index (χ1n) is 11.1. The Morgan fingerprint density at radius 3 is 2.56 bits per heavy atom. The number of para-hydroxylation sites is 2. The number of imidazole rings is 1. The maximum absolute atomic E-state index is 12.4. The Kier molecular flexibility index (Phi) is 6.58. The Labute approximate surface area is 197 Å². The summed E-state index contributed by atoms with van der Waals surface area (Å²) in [5, 5.41) is 4.15. The zero-order valence-electron chi connectivity index (χ0n) is 19.7. The highest BCUT2D eigenvalue weighted by Gasteiger charge is 2.13. The Morgan fingerprint density at radius 2 is 1.85 bits per heavy atom. The van der Waals surface area contributed by atoms with Gasteiger partial charge in [0, 0.05) is 29.7 Å². The van der Waals surface area contributed by atoms with Crippen LogP contribution in [0.5, 0.6) is 0 Å². The highest BCUT2D eigenvalue weighted by Crippen LogP contribution is 2.20. The number of nitrogens with zero attached hydrogens (tertiary/aromatic N) is 4. The number of hydrogen-bond donors (Lipinski definition) is 1. The molecule has 174 valence electrons. The van der Waals surface area contributed by atoms with Crippen LogP contribution in [0.1, 0.15) is 40.1 Å². The van der Waals surface area contributed by atoms with Gasteiger partial charge in [-0.2, -0.15) is 5.10 Å². The summed E-state index contributed by atoms with van der Waals surface area (Å²) in [7, 11) is 1.90. The van der Waals surface area contributed by atoms with Gasteiger partial charge in [0.05, 0.1) is 35.8 Å². The summed E-state index contributed by atoms with van der Waals surface area (Å²) in [5.41, 5.74) is 8.74. The van der Waals surface area contributed by atoms with E-state index in [1.54, 1.807) is 25.3 Å². The number of carbonyl (C=O) groups is 2. The molecule has 0 aliphatic rings. The van der Waals surface area contributed by atoms with Crippen LogP contribution in [0.15, 0.2) is 59.7 Å². The molecule has 1 N–H and O–H groups in total. The smallest absolute Gasteiger partial charge is 0.338 e. The van der Waals surface area contributed by atoms with Crippen LogP contribution in [0.4, 0.5) is 0 Å². The summed E-state index contributed by atoms with van der Waals surface area (Å²) in [6.07, 6.45) is 1.77. The zero-order chi connectivity index (χ0) is 24.2. The van der Waals surface area contributed by atoms with Gasteiger partial charge in [0.15, 0.2) is 0 Å². The molecule has 0 atom stereocenters. The normalized spacial score (nSPS) is 11.3. The summed E-state index contributed by atoms with van der Waals surface area (Å²) in [4.78, 5) is 28.8.